The molecule has 2 aromatic heterocycles. The van der Waals surface area contributed by atoms with Crippen molar-refractivity contribution in [2.75, 3.05) is 12.4 Å². The summed E-state index contributed by atoms with van der Waals surface area (Å²) in [7, 11) is 1.51. The molecule has 0 radical (unpaired) electrons. The van der Waals surface area contributed by atoms with Gasteiger partial charge in [-0.3, -0.25) is 14.2 Å². The van der Waals surface area contributed by atoms with Crippen LogP contribution in [0.25, 0.3) is 21.3 Å². The van der Waals surface area contributed by atoms with Crippen LogP contribution in [0.5, 0.6) is 5.75 Å². The summed E-state index contributed by atoms with van der Waals surface area (Å²) in [5.74, 6) is 0.525. The second kappa shape index (κ2) is 9.37. The van der Waals surface area contributed by atoms with Gasteiger partial charge in [0.15, 0.2) is 0 Å². The number of thiophene rings is 1. The first-order valence-electron chi connectivity index (χ1n) is 10.5. The van der Waals surface area contributed by atoms with Crippen LogP contribution in [0.3, 0.4) is 0 Å². The Morgan fingerprint density at radius 2 is 1.88 bits per heavy atom. The lowest BCUT2D eigenvalue weighted by Crippen LogP contribution is -2.31. The lowest BCUT2D eigenvalue weighted by atomic mass is 9.99. The summed E-state index contributed by atoms with van der Waals surface area (Å²) in [5.41, 5.74) is 3.18. The lowest BCUT2D eigenvalue weighted by molar-refractivity contribution is -0.118. The van der Waals surface area contributed by atoms with Crippen LogP contribution in [0.2, 0.25) is 5.02 Å². The van der Waals surface area contributed by atoms with Crippen molar-refractivity contribution in [3.8, 4) is 16.9 Å². The van der Waals surface area contributed by atoms with Crippen LogP contribution in [0.1, 0.15) is 38.3 Å². The van der Waals surface area contributed by atoms with E-state index in [0.717, 1.165) is 11.1 Å². The molecule has 2 heterocycles. The van der Waals surface area contributed by atoms with E-state index < -0.39 is 6.04 Å². The number of ether oxygens (including phenoxy) is 1. The van der Waals surface area contributed by atoms with Crippen LogP contribution >= 0.6 is 22.9 Å². The third-order valence-electron chi connectivity index (χ3n) is 5.62. The van der Waals surface area contributed by atoms with Gasteiger partial charge >= 0.3 is 0 Å². The molecule has 0 bridgehead atoms. The molecule has 1 atom stereocenters. The fourth-order valence-corrected chi connectivity index (χ4v) is 4.70. The minimum absolute atomic E-state index is 0.259. The number of hydrogen-bond acceptors (Lipinski definition) is 5. The van der Waals surface area contributed by atoms with E-state index in [1.807, 2.05) is 17.5 Å². The van der Waals surface area contributed by atoms with Crippen molar-refractivity contribution in [1.29, 1.82) is 0 Å². The summed E-state index contributed by atoms with van der Waals surface area (Å²) in [6.07, 6.45) is 1.42. The molecule has 33 heavy (non-hydrogen) atoms. The zero-order chi connectivity index (χ0) is 23.7. The smallest absolute Gasteiger partial charge is 0.263 e. The minimum Gasteiger partial charge on any atom is -0.495 e. The molecule has 0 saturated carbocycles. The van der Waals surface area contributed by atoms with Gasteiger partial charge in [0.05, 0.1) is 24.5 Å². The van der Waals surface area contributed by atoms with E-state index in [4.69, 9.17) is 16.3 Å². The van der Waals surface area contributed by atoms with Gasteiger partial charge in [0.2, 0.25) is 5.91 Å². The first-order valence-corrected chi connectivity index (χ1v) is 11.8. The molecule has 1 N–H and O–H groups in total. The standard InChI is InChI=1S/C25H24ClN3O3S/c1-14(2)16-5-7-17(8-6-16)19-12-33-24-22(19)25(31)29(13-27-24)15(3)23(30)28-20-11-18(26)9-10-21(20)32-4/h5-15H,1-4H3,(H,28,30). The van der Waals surface area contributed by atoms with Crippen LogP contribution in [-0.4, -0.2) is 22.6 Å². The number of nitrogens with one attached hydrogen (secondary N) is 1. The average molecular weight is 482 g/mol. The van der Waals surface area contributed by atoms with E-state index in [9.17, 15) is 9.59 Å². The number of anilines is 1. The maximum Gasteiger partial charge on any atom is 0.263 e. The minimum atomic E-state index is -0.797. The van der Waals surface area contributed by atoms with Crippen LogP contribution < -0.4 is 15.6 Å². The van der Waals surface area contributed by atoms with Gasteiger partial charge in [0.1, 0.15) is 16.6 Å². The maximum absolute atomic E-state index is 13.4. The third kappa shape index (κ3) is 4.51. The number of rotatable bonds is 6. The van der Waals surface area contributed by atoms with E-state index in [2.05, 4.69) is 36.3 Å². The normalized spacial score (nSPS) is 12.2. The van der Waals surface area contributed by atoms with Crippen molar-refractivity contribution >= 4 is 44.7 Å². The Labute approximate surface area is 200 Å². The molecule has 4 aromatic rings. The Kier molecular flexibility index (Phi) is 6.54. The number of carbonyl (C=O) groups is 1. The van der Waals surface area contributed by atoms with Crippen molar-refractivity contribution in [3.05, 3.63) is 75.1 Å². The first-order chi connectivity index (χ1) is 15.8. The largest absolute Gasteiger partial charge is 0.495 e. The maximum atomic E-state index is 13.4. The summed E-state index contributed by atoms with van der Waals surface area (Å²) in [6.45, 7) is 5.94. The number of hydrogen-bond donors (Lipinski definition) is 1. The van der Waals surface area contributed by atoms with Crippen molar-refractivity contribution in [2.24, 2.45) is 0 Å². The quantitative estimate of drug-likeness (QED) is 0.360. The van der Waals surface area contributed by atoms with Crippen molar-refractivity contribution in [1.82, 2.24) is 9.55 Å². The molecule has 0 saturated heterocycles. The molecule has 1 amide bonds. The molecule has 1 unspecified atom stereocenters. The molecule has 0 aliphatic carbocycles. The van der Waals surface area contributed by atoms with Gasteiger partial charge in [0, 0.05) is 16.0 Å². The molecule has 2 aromatic carbocycles. The van der Waals surface area contributed by atoms with E-state index in [1.54, 1.807) is 25.1 Å². The van der Waals surface area contributed by atoms with Gasteiger partial charge in [-0.05, 0) is 42.2 Å². The molecule has 4 rings (SSSR count). The topological polar surface area (TPSA) is 73.2 Å². The fourth-order valence-electron chi connectivity index (χ4n) is 3.62. The molecule has 6 nitrogen and oxygen atoms in total. The molecule has 0 spiro atoms. The number of amides is 1. The second-order valence-corrected chi connectivity index (χ2v) is 9.37. The van der Waals surface area contributed by atoms with Crippen molar-refractivity contribution < 1.29 is 9.53 Å². The third-order valence-corrected chi connectivity index (χ3v) is 6.75. The van der Waals surface area contributed by atoms with E-state index >= 15 is 0 Å². The fraction of sp³-hybridized carbons (Fsp3) is 0.240. The van der Waals surface area contributed by atoms with E-state index in [1.165, 1.54) is 34.9 Å². The van der Waals surface area contributed by atoms with Gasteiger partial charge in [-0.15, -0.1) is 11.3 Å². The lowest BCUT2D eigenvalue weighted by Gasteiger charge is -2.16. The van der Waals surface area contributed by atoms with Crippen molar-refractivity contribution in [2.45, 2.75) is 32.7 Å². The number of methoxy groups -OCH3 is 1. The number of halogens is 1. The highest BCUT2D eigenvalue weighted by atomic mass is 35.5. The highest BCUT2D eigenvalue weighted by Gasteiger charge is 2.21. The number of nitrogens with zero attached hydrogens (tertiary/aromatic N) is 2. The Hall–Kier alpha value is -3.16. The van der Waals surface area contributed by atoms with Crippen LogP contribution in [0, 0.1) is 0 Å². The SMILES string of the molecule is COc1ccc(Cl)cc1NC(=O)C(C)n1cnc2scc(-c3ccc(C(C)C)cc3)c2c1=O. The predicted octanol–water partition coefficient (Wildman–Crippen LogP) is 6.11. The summed E-state index contributed by atoms with van der Waals surface area (Å²) in [6, 6.07) is 12.4. The van der Waals surface area contributed by atoms with Gasteiger partial charge in [-0.25, -0.2) is 4.98 Å². The van der Waals surface area contributed by atoms with Crippen LogP contribution in [-0.2, 0) is 4.79 Å². The number of fused-ring (bicyclic) bond motifs is 1. The molecular weight excluding hydrogens is 458 g/mol. The molecular formula is C25H24ClN3O3S. The van der Waals surface area contributed by atoms with Gasteiger partial charge in [-0.2, -0.15) is 0 Å². The summed E-state index contributed by atoms with van der Waals surface area (Å²) >= 11 is 7.48. The number of aromatic nitrogens is 2. The molecule has 170 valence electrons. The summed E-state index contributed by atoms with van der Waals surface area (Å²) in [5, 5.41) is 5.72. The molecule has 0 aliphatic heterocycles. The number of benzene rings is 2. The molecule has 0 aliphatic rings. The predicted molar refractivity (Wildman–Crippen MR) is 135 cm³/mol. The zero-order valence-electron chi connectivity index (χ0n) is 18.8. The Bertz CT molecular complexity index is 1380. The van der Waals surface area contributed by atoms with Crippen LogP contribution in [0.4, 0.5) is 5.69 Å². The zero-order valence-corrected chi connectivity index (χ0v) is 20.3. The van der Waals surface area contributed by atoms with E-state index in [-0.39, 0.29) is 11.5 Å². The average Bonchev–Trinajstić information content (AvgIpc) is 3.24. The first kappa shape index (κ1) is 23.0. The molecule has 0 fully saturated rings. The van der Waals surface area contributed by atoms with Gasteiger partial charge in [-0.1, -0.05) is 49.7 Å². The number of carbonyl (C=O) groups excluding carboxylic acids is 1. The van der Waals surface area contributed by atoms with Crippen LogP contribution in [0.15, 0.2) is 59.0 Å². The monoisotopic (exact) mass is 481 g/mol. The Balaban J connectivity index is 1.69. The summed E-state index contributed by atoms with van der Waals surface area (Å²) in [4.78, 5) is 31.5. The highest BCUT2D eigenvalue weighted by molar-refractivity contribution is 7.17. The Morgan fingerprint density at radius 1 is 1.15 bits per heavy atom. The van der Waals surface area contributed by atoms with Gasteiger partial charge in [0.25, 0.3) is 5.56 Å². The molecule has 8 heteroatoms. The highest BCUT2D eigenvalue weighted by Crippen LogP contribution is 2.32. The van der Waals surface area contributed by atoms with Gasteiger partial charge < -0.3 is 10.1 Å². The second-order valence-electron chi connectivity index (χ2n) is 8.07. The van der Waals surface area contributed by atoms with E-state index in [0.29, 0.717) is 32.6 Å². The van der Waals surface area contributed by atoms with Crippen molar-refractivity contribution in [3.63, 3.8) is 0 Å². The Morgan fingerprint density at radius 3 is 2.55 bits per heavy atom. The summed E-state index contributed by atoms with van der Waals surface area (Å²) < 4.78 is 6.65.